The number of aromatic nitrogens is 1. The van der Waals surface area contributed by atoms with Crippen LogP contribution in [0.3, 0.4) is 0 Å². The molecule has 0 bridgehead atoms. The van der Waals surface area contributed by atoms with Crippen molar-refractivity contribution in [1.29, 1.82) is 0 Å². The first-order valence-corrected chi connectivity index (χ1v) is 6.21. The highest BCUT2D eigenvalue weighted by atomic mass is 32.2. The van der Waals surface area contributed by atoms with E-state index in [2.05, 4.69) is 25.8 Å². The summed E-state index contributed by atoms with van der Waals surface area (Å²) in [5.74, 6) is 0. The number of hydrogen-bond acceptors (Lipinski definition) is 3. The predicted molar refractivity (Wildman–Crippen MR) is 58.8 cm³/mol. The van der Waals surface area contributed by atoms with Gasteiger partial charge in [0.05, 0.1) is 0 Å². The number of hydrogen-bond donors (Lipinski definition) is 1. The maximum Gasteiger partial charge on any atom is 0.239 e. The van der Waals surface area contributed by atoms with Gasteiger partial charge in [0.25, 0.3) is 0 Å². The molecule has 0 unspecified atom stereocenters. The van der Waals surface area contributed by atoms with Crippen molar-refractivity contribution >= 4 is 10.0 Å². The largest absolute Gasteiger partial charge is 0.260 e. The molecule has 1 heterocycles. The van der Waals surface area contributed by atoms with Crippen molar-refractivity contribution in [2.75, 3.05) is 0 Å². The monoisotopic (exact) mass is 228 g/mol. The molecule has 0 saturated carbocycles. The first kappa shape index (κ1) is 12.1. The summed E-state index contributed by atoms with van der Waals surface area (Å²) >= 11 is 0. The third kappa shape index (κ3) is 3.97. The van der Waals surface area contributed by atoms with E-state index in [-0.39, 0.29) is 10.3 Å². The Labute approximate surface area is 90.6 Å². The molecule has 2 N–H and O–H groups in total. The topological polar surface area (TPSA) is 73.1 Å². The van der Waals surface area contributed by atoms with Crippen LogP contribution in [0.4, 0.5) is 0 Å². The van der Waals surface area contributed by atoms with Crippen molar-refractivity contribution in [2.24, 2.45) is 10.6 Å². The molecule has 84 valence electrons. The molecule has 0 amide bonds. The van der Waals surface area contributed by atoms with Gasteiger partial charge in [-0.2, -0.15) is 0 Å². The zero-order chi connectivity index (χ0) is 11.7. The summed E-state index contributed by atoms with van der Waals surface area (Å²) in [7, 11) is -3.63. The van der Waals surface area contributed by atoms with Gasteiger partial charge in [-0.05, 0) is 24.0 Å². The lowest BCUT2D eigenvalue weighted by Gasteiger charge is -2.17. The van der Waals surface area contributed by atoms with Gasteiger partial charge in [-0.3, -0.25) is 4.98 Å². The number of pyridine rings is 1. The SMILES string of the molecule is CC(C)(C)Cc1ccc(S(N)(=O)=O)cn1. The zero-order valence-electron chi connectivity index (χ0n) is 9.19. The van der Waals surface area contributed by atoms with Crippen LogP contribution in [-0.2, 0) is 16.4 Å². The summed E-state index contributed by atoms with van der Waals surface area (Å²) in [5, 5.41) is 4.97. The Morgan fingerprint density at radius 3 is 2.27 bits per heavy atom. The van der Waals surface area contributed by atoms with Crippen LogP contribution in [0.5, 0.6) is 0 Å². The Balaban J connectivity index is 2.92. The molecule has 0 spiro atoms. The first-order chi connectivity index (χ1) is 6.68. The van der Waals surface area contributed by atoms with Gasteiger partial charge in [-0.25, -0.2) is 13.6 Å². The lowest BCUT2D eigenvalue weighted by Crippen LogP contribution is -2.14. The summed E-state index contributed by atoms with van der Waals surface area (Å²) in [6.07, 6.45) is 2.11. The van der Waals surface area contributed by atoms with Crippen molar-refractivity contribution < 1.29 is 8.42 Å². The van der Waals surface area contributed by atoms with Crippen molar-refractivity contribution in [1.82, 2.24) is 4.98 Å². The van der Waals surface area contributed by atoms with E-state index in [0.29, 0.717) is 0 Å². The van der Waals surface area contributed by atoms with Crippen molar-refractivity contribution in [2.45, 2.75) is 32.1 Å². The van der Waals surface area contributed by atoms with Gasteiger partial charge in [-0.15, -0.1) is 0 Å². The minimum Gasteiger partial charge on any atom is -0.260 e. The van der Waals surface area contributed by atoms with E-state index in [1.54, 1.807) is 6.07 Å². The Hall–Kier alpha value is -0.940. The van der Waals surface area contributed by atoms with Crippen LogP contribution < -0.4 is 5.14 Å². The summed E-state index contributed by atoms with van der Waals surface area (Å²) in [6.45, 7) is 6.30. The fourth-order valence-electron chi connectivity index (χ4n) is 1.23. The molecular weight excluding hydrogens is 212 g/mol. The minimum absolute atomic E-state index is 0.0557. The average molecular weight is 228 g/mol. The second-order valence-corrected chi connectivity index (χ2v) is 6.33. The third-order valence-electron chi connectivity index (χ3n) is 1.84. The van der Waals surface area contributed by atoms with E-state index < -0.39 is 10.0 Å². The first-order valence-electron chi connectivity index (χ1n) is 4.66. The van der Waals surface area contributed by atoms with Gasteiger partial charge in [0.1, 0.15) is 4.90 Å². The maximum atomic E-state index is 11.0. The number of nitrogens with zero attached hydrogens (tertiary/aromatic N) is 1. The van der Waals surface area contributed by atoms with E-state index in [1.165, 1.54) is 12.3 Å². The predicted octanol–water partition coefficient (Wildman–Crippen LogP) is 1.32. The molecule has 1 aromatic heterocycles. The van der Waals surface area contributed by atoms with Crippen LogP contribution in [0.1, 0.15) is 26.5 Å². The second kappa shape index (κ2) is 3.90. The molecule has 0 radical (unpaired) electrons. The number of nitrogens with two attached hydrogens (primary N) is 1. The summed E-state index contributed by atoms with van der Waals surface area (Å²) in [4.78, 5) is 4.13. The van der Waals surface area contributed by atoms with E-state index in [9.17, 15) is 8.42 Å². The molecule has 0 aromatic carbocycles. The fraction of sp³-hybridized carbons (Fsp3) is 0.500. The normalized spacial score (nSPS) is 12.8. The molecule has 0 fully saturated rings. The van der Waals surface area contributed by atoms with Gasteiger partial charge >= 0.3 is 0 Å². The lowest BCUT2D eigenvalue weighted by atomic mass is 9.90. The van der Waals surface area contributed by atoms with E-state index in [1.807, 2.05) is 0 Å². The van der Waals surface area contributed by atoms with Crippen LogP contribution in [-0.4, -0.2) is 13.4 Å². The van der Waals surface area contributed by atoms with Crippen molar-refractivity contribution in [3.63, 3.8) is 0 Å². The smallest absolute Gasteiger partial charge is 0.239 e. The van der Waals surface area contributed by atoms with Gasteiger partial charge in [0.15, 0.2) is 0 Å². The Bertz CT molecular complexity index is 429. The van der Waals surface area contributed by atoms with E-state index in [0.717, 1.165) is 12.1 Å². The summed E-state index contributed by atoms with van der Waals surface area (Å²) < 4.78 is 21.9. The molecule has 0 aliphatic heterocycles. The molecule has 15 heavy (non-hydrogen) atoms. The maximum absolute atomic E-state index is 11.0. The van der Waals surface area contributed by atoms with Crippen LogP contribution in [0, 0.1) is 5.41 Å². The highest BCUT2D eigenvalue weighted by molar-refractivity contribution is 7.89. The zero-order valence-corrected chi connectivity index (χ0v) is 10.0. The third-order valence-corrected chi connectivity index (χ3v) is 2.74. The van der Waals surface area contributed by atoms with Crippen LogP contribution in [0.2, 0.25) is 0 Å². The van der Waals surface area contributed by atoms with Gasteiger partial charge in [0.2, 0.25) is 10.0 Å². The van der Waals surface area contributed by atoms with Crippen LogP contribution in [0.25, 0.3) is 0 Å². The van der Waals surface area contributed by atoms with E-state index >= 15 is 0 Å². The van der Waals surface area contributed by atoms with Gasteiger partial charge in [0, 0.05) is 11.9 Å². The molecule has 5 heteroatoms. The van der Waals surface area contributed by atoms with E-state index in [4.69, 9.17) is 5.14 Å². The standard InChI is InChI=1S/C10H16N2O2S/c1-10(2,3)6-8-4-5-9(7-12-8)15(11,13)14/h4-5,7H,6H2,1-3H3,(H2,11,13,14). The molecule has 0 aliphatic carbocycles. The quantitative estimate of drug-likeness (QED) is 0.829. The Kier molecular flexibility index (Phi) is 3.16. The minimum atomic E-state index is -3.63. The van der Waals surface area contributed by atoms with Crippen LogP contribution in [0.15, 0.2) is 23.2 Å². The van der Waals surface area contributed by atoms with Crippen LogP contribution >= 0.6 is 0 Å². The molecule has 0 saturated heterocycles. The second-order valence-electron chi connectivity index (χ2n) is 4.77. The molecule has 0 atom stereocenters. The average Bonchev–Trinajstić information content (AvgIpc) is 2.00. The summed E-state index contributed by atoms with van der Waals surface area (Å²) in [6, 6.07) is 3.19. The van der Waals surface area contributed by atoms with Gasteiger partial charge < -0.3 is 0 Å². The Morgan fingerprint density at radius 2 is 1.93 bits per heavy atom. The Morgan fingerprint density at radius 1 is 1.33 bits per heavy atom. The molecule has 1 aromatic rings. The number of rotatable bonds is 2. The van der Waals surface area contributed by atoms with Crippen molar-refractivity contribution in [3.8, 4) is 0 Å². The lowest BCUT2D eigenvalue weighted by molar-refractivity contribution is 0.406. The molecular formula is C10H16N2O2S. The highest BCUT2D eigenvalue weighted by Gasteiger charge is 2.13. The fourth-order valence-corrected chi connectivity index (χ4v) is 1.68. The molecule has 1 rings (SSSR count). The number of sulfonamides is 1. The highest BCUT2D eigenvalue weighted by Crippen LogP contribution is 2.19. The van der Waals surface area contributed by atoms with Gasteiger partial charge in [-0.1, -0.05) is 20.8 Å². The molecule has 4 nitrogen and oxygen atoms in total. The summed E-state index contributed by atoms with van der Waals surface area (Å²) in [5.41, 5.74) is 1.01. The molecule has 0 aliphatic rings. The number of primary sulfonamides is 1. The van der Waals surface area contributed by atoms with Crippen molar-refractivity contribution in [3.05, 3.63) is 24.0 Å².